The number of likely N-dealkylation sites (tertiary alicyclic amines) is 1. The number of carbonyl (C=O) groups excluding carboxylic acids is 1. The summed E-state index contributed by atoms with van der Waals surface area (Å²) in [7, 11) is -0.662. The van der Waals surface area contributed by atoms with Gasteiger partial charge in [0.05, 0.1) is 5.56 Å². The van der Waals surface area contributed by atoms with Gasteiger partial charge in [0.25, 0.3) is 10.2 Å². The van der Waals surface area contributed by atoms with Crippen LogP contribution in [0, 0.1) is 17.6 Å². The van der Waals surface area contributed by atoms with E-state index in [1.807, 2.05) is 12.1 Å². The smallest absolute Gasteiger partial charge is 0.279 e. The summed E-state index contributed by atoms with van der Waals surface area (Å²) in [6, 6.07) is 10.5. The van der Waals surface area contributed by atoms with Gasteiger partial charge < -0.3 is 4.90 Å². The lowest BCUT2D eigenvalue weighted by Gasteiger charge is -2.26. The molecule has 1 N–H and O–H groups in total. The number of halogens is 2. The van der Waals surface area contributed by atoms with Crippen LogP contribution in [0.4, 0.5) is 8.78 Å². The van der Waals surface area contributed by atoms with Gasteiger partial charge >= 0.3 is 0 Å². The van der Waals surface area contributed by atoms with Crippen molar-refractivity contribution in [3.8, 4) is 11.1 Å². The molecule has 1 saturated carbocycles. The largest absolute Gasteiger partial charge is 0.341 e. The predicted molar refractivity (Wildman–Crippen MR) is 123 cm³/mol. The maximum absolute atomic E-state index is 14.5. The van der Waals surface area contributed by atoms with E-state index in [2.05, 4.69) is 4.72 Å². The standard InChI is InChI=1S/C24H29F2N3O3S/c1-28(2)33(31,32)27-16-8-5-6-13-29(15-16)24(30)20-14-19(20)17-9-3-4-10-18(17)23-21(25)11-7-12-22(23)26/h3-4,7,9-12,16,19-20,27H,5-6,8,13-15H2,1-2H3. The molecule has 4 rings (SSSR count). The van der Waals surface area contributed by atoms with E-state index in [1.165, 1.54) is 32.3 Å². The summed E-state index contributed by atoms with van der Waals surface area (Å²) < 4.78 is 57.2. The number of hydrogen-bond donors (Lipinski definition) is 1. The normalized spacial score (nSPS) is 23.4. The van der Waals surface area contributed by atoms with Gasteiger partial charge in [-0.3, -0.25) is 4.79 Å². The van der Waals surface area contributed by atoms with Crippen LogP contribution in [-0.2, 0) is 15.0 Å². The van der Waals surface area contributed by atoms with Crippen molar-refractivity contribution in [3.05, 3.63) is 59.7 Å². The molecule has 0 spiro atoms. The van der Waals surface area contributed by atoms with Gasteiger partial charge in [0.1, 0.15) is 11.6 Å². The van der Waals surface area contributed by atoms with E-state index in [4.69, 9.17) is 0 Å². The van der Waals surface area contributed by atoms with Crippen LogP contribution in [0.25, 0.3) is 11.1 Å². The van der Waals surface area contributed by atoms with Crippen molar-refractivity contribution in [2.24, 2.45) is 5.92 Å². The van der Waals surface area contributed by atoms with Crippen LogP contribution >= 0.6 is 0 Å². The third kappa shape index (κ3) is 5.10. The van der Waals surface area contributed by atoms with E-state index < -0.39 is 21.8 Å². The maximum Gasteiger partial charge on any atom is 0.279 e. The summed E-state index contributed by atoms with van der Waals surface area (Å²) in [6.45, 7) is 0.893. The van der Waals surface area contributed by atoms with Crippen LogP contribution in [-0.4, -0.2) is 56.8 Å². The molecular formula is C24H29F2N3O3S. The second-order valence-corrected chi connectivity index (χ2v) is 10.9. The Morgan fingerprint density at radius 3 is 2.45 bits per heavy atom. The van der Waals surface area contributed by atoms with E-state index in [0.29, 0.717) is 31.5 Å². The molecule has 9 heteroatoms. The average Bonchev–Trinajstić information content (AvgIpc) is 3.57. The number of amides is 1. The van der Waals surface area contributed by atoms with Gasteiger partial charge in [-0.25, -0.2) is 8.78 Å². The Morgan fingerprint density at radius 1 is 1.06 bits per heavy atom. The lowest BCUT2D eigenvalue weighted by Crippen LogP contribution is -2.48. The molecule has 1 aliphatic carbocycles. The average molecular weight is 478 g/mol. The predicted octanol–water partition coefficient (Wildman–Crippen LogP) is 3.51. The molecule has 3 unspecified atom stereocenters. The van der Waals surface area contributed by atoms with Crippen LogP contribution in [0.5, 0.6) is 0 Å². The molecule has 2 aromatic rings. The van der Waals surface area contributed by atoms with Gasteiger partial charge in [0.2, 0.25) is 5.91 Å². The summed E-state index contributed by atoms with van der Waals surface area (Å²) in [5, 5.41) is 0. The Hall–Kier alpha value is -2.36. The molecule has 0 bridgehead atoms. The third-order valence-corrected chi connectivity index (χ3v) is 8.07. The molecule has 33 heavy (non-hydrogen) atoms. The van der Waals surface area contributed by atoms with Crippen molar-refractivity contribution < 1.29 is 22.0 Å². The molecule has 0 aromatic heterocycles. The van der Waals surface area contributed by atoms with Crippen LogP contribution < -0.4 is 4.72 Å². The SMILES string of the molecule is CN(C)S(=O)(=O)NC1CCCCN(C(=O)C2CC2c2ccccc2-c2c(F)cccc2F)C1. The minimum Gasteiger partial charge on any atom is -0.341 e. The van der Waals surface area contributed by atoms with Gasteiger partial charge in [0, 0.05) is 39.1 Å². The van der Waals surface area contributed by atoms with E-state index >= 15 is 0 Å². The second kappa shape index (κ2) is 9.48. The zero-order valence-electron chi connectivity index (χ0n) is 18.8. The zero-order valence-corrected chi connectivity index (χ0v) is 19.6. The highest BCUT2D eigenvalue weighted by Gasteiger charge is 2.47. The first-order chi connectivity index (χ1) is 15.7. The molecular weight excluding hydrogens is 448 g/mol. The number of nitrogens with zero attached hydrogens (tertiary/aromatic N) is 2. The number of benzene rings is 2. The molecule has 2 fully saturated rings. The molecule has 1 saturated heterocycles. The van der Waals surface area contributed by atoms with Crippen LogP contribution in [0.2, 0.25) is 0 Å². The van der Waals surface area contributed by atoms with Gasteiger partial charge in [-0.2, -0.15) is 17.4 Å². The van der Waals surface area contributed by atoms with Crippen molar-refractivity contribution in [3.63, 3.8) is 0 Å². The molecule has 1 aliphatic heterocycles. The van der Waals surface area contributed by atoms with E-state index in [1.54, 1.807) is 17.0 Å². The topological polar surface area (TPSA) is 69.7 Å². The molecule has 6 nitrogen and oxygen atoms in total. The second-order valence-electron chi connectivity index (χ2n) is 9.01. The fourth-order valence-corrected chi connectivity index (χ4v) is 5.43. The van der Waals surface area contributed by atoms with Gasteiger partial charge in [-0.1, -0.05) is 36.8 Å². The molecule has 1 heterocycles. The Kier molecular flexibility index (Phi) is 6.83. The first kappa shape index (κ1) is 23.8. The Balaban J connectivity index is 1.51. The lowest BCUT2D eigenvalue weighted by atomic mass is 9.95. The van der Waals surface area contributed by atoms with E-state index in [-0.39, 0.29) is 29.3 Å². The number of carbonyl (C=O) groups is 1. The van der Waals surface area contributed by atoms with Crippen molar-refractivity contribution in [2.75, 3.05) is 27.2 Å². The number of rotatable bonds is 6. The Morgan fingerprint density at radius 2 is 1.76 bits per heavy atom. The Bertz CT molecular complexity index is 1120. The minimum atomic E-state index is -3.59. The highest BCUT2D eigenvalue weighted by atomic mass is 32.2. The molecule has 2 aromatic carbocycles. The third-order valence-electron chi connectivity index (χ3n) is 6.48. The minimum absolute atomic E-state index is 0.0280. The van der Waals surface area contributed by atoms with E-state index in [9.17, 15) is 22.0 Å². The van der Waals surface area contributed by atoms with Crippen LogP contribution in [0.1, 0.15) is 37.2 Å². The molecule has 2 aliphatic rings. The monoisotopic (exact) mass is 477 g/mol. The summed E-state index contributed by atoms with van der Waals surface area (Å²) >= 11 is 0. The van der Waals surface area contributed by atoms with Gasteiger partial charge in [-0.05, 0) is 48.4 Å². The number of nitrogens with one attached hydrogen (secondary N) is 1. The fraction of sp³-hybridized carbons (Fsp3) is 0.458. The fourth-order valence-electron chi connectivity index (χ4n) is 4.60. The van der Waals surface area contributed by atoms with E-state index in [0.717, 1.165) is 22.7 Å². The zero-order chi connectivity index (χ0) is 23.8. The lowest BCUT2D eigenvalue weighted by molar-refractivity contribution is -0.132. The molecule has 1 amide bonds. The van der Waals surface area contributed by atoms with Crippen molar-refractivity contribution in [2.45, 2.75) is 37.6 Å². The molecule has 3 atom stereocenters. The first-order valence-electron chi connectivity index (χ1n) is 11.2. The molecule has 178 valence electrons. The molecule has 0 radical (unpaired) electrons. The van der Waals surface area contributed by atoms with Crippen LogP contribution in [0.15, 0.2) is 42.5 Å². The first-order valence-corrected chi connectivity index (χ1v) is 12.6. The summed E-state index contributed by atoms with van der Waals surface area (Å²) in [4.78, 5) is 15.1. The van der Waals surface area contributed by atoms with Crippen LogP contribution in [0.3, 0.4) is 0 Å². The van der Waals surface area contributed by atoms with Gasteiger partial charge in [0.15, 0.2) is 0 Å². The maximum atomic E-state index is 14.5. The summed E-state index contributed by atoms with van der Waals surface area (Å²) in [6.07, 6.45) is 2.91. The quantitative estimate of drug-likeness (QED) is 0.692. The Labute approximate surface area is 193 Å². The van der Waals surface area contributed by atoms with Gasteiger partial charge in [-0.15, -0.1) is 0 Å². The van der Waals surface area contributed by atoms with Crippen molar-refractivity contribution in [1.29, 1.82) is 0 Å². The summed E-state index contributed by atoms with van der Waals surface area (Å²) in [5.74, 6) is -1.68. The highest BCUT2D eigenvalue weighted by Crippen LogP contribution is 2.51. The van der Waals surface area contributed by atoms with Crippen molar-refractivity contribution >= 4 is 16.1 Å². The summed E-state index contributed by atoms with van der Waals surface area (Å²) in [5.41, 5.74) is 1.17. The number of hydrogen-bond acceptors (Lipinski definition) is 3. The highest BCUT2D eigenvalue weighted by molar-refractivity contribution is 7.87. The van der Waals surface area contributed by atoms with Crippen molar-refractivity contribution in [1.82, 2.24) is 13.9 Å².